The van der Waals surface area contributed by atoms with Crippen molar-refractivity contribution in [3.05, 3.63) is 0 Å². The smallest absolute Gasteiger partial charge is 0.191 e. The maximum Gasteiger partial charge on any atom is 0.191 e. The highest BCUT2D eigenvalue weighted by Crippen LogP contribution is 2.16. The second kappa shape index (κ2) is 11.8. The highest BCUT2D eigenvalue weighted by Gasteiger charge is 2.21. The standard InChI is InChI=1S/C18H38N4/c1-5-8-9-10-16(4)21-18(19-7-3)20-14-17-11-13-22(15-17)12-6-2/h16-17H,5-15H2,1-4H3,(H2,19,20,21). The van der Waals surface area contributed by atoms with Crippen molar-refractivity contribution in [3.63, 3.8) is 0 Å². The number of nitrogens with zero attached hydrogens (tertiary/aromatic N) is 2. The molecule has 1 heterocycles. The lowest BCUT2D eigenvalue weighted by Crippen LogP contribution is -2.42. The number of nitrogens with one attached hydrogen (secondary N) is 2. The van der Waals surface area contributed by atoms with Crippen LogP contribution in [0.25, 0.3) is 0 Å². The van der Waals surface area contributed by atoms with Crippen LogP contribution in [0.15, 0.2) is 4.99 Å². The summed E-state index contributed by atoms with van der Waals surface area (Å²) in [5, 5.41) is 6.95. The Kier molecular flexibility index (Phi) is 10.3. The Morgan fingerprint density at radius 3 is 2.73 bits per heavy atom. The number of guanidine groups is 1. The fourth-order valence-electron chi connectivity index (χ4n) is 3.13. The van der Waals surface area contributed by atoms with Crippen LogP contribution >= 0.6 is 0 Å². The minimum absolute atomic E-state index is 0.504. The molecule has 0 radical (unpaired) electrons. The number of hydrogen-bond acceptors (Lipinski definition) is 2. The first-order valence-electron chi connectivity index (χ1n) is 9.46. The fraction of sp³-hybridized carbons (Fsp3) is 0.944. The van der Waals surface area contributed by atoms with Gasteiger partial charge in [-0.15, -0.1) is 0 Å². The lowest BCUT2D eigenvalue weighted by atomic mass is 10.1. The molecule has 0 aromatic rings. The summed E-state index contributed by atoms with van der Waals surface area (Å²) >= 11 is 0. The van der Waals surface area contributed by atoms with E-state index in [4.69, 9.17) is 4.99 Å². The van der Waals surface area contributed by atoms with Crippen LogP contribution in [0.4, 0.5) is 0 Å². The van der Waals surface area contributed by atoms with Crippen molar-refractivity contribution in [2.45, 2.75) is 72.3 Å². The first-order valence-corrected chi connectivity index (χ1v) is 9.46. The minimum Gasteiger partial charge on any atom is -0.357 e. The van der Waals surface area contributed by atoms with E-state index in [2.05, 4.69) is 43.2 Å². The summed E-state index contributed by atoms with van der Waals surface area (Å²) in [5.41, 5.74) is 0. The Labute approximate surface area is 138 Å². The molecule has 2 N–H and O–H groups in total. The molecule has 0 aromatic carbocycles. The van der Waals surface area contributed by atoms with E-state index in [1.165, 1.54) is 58.2 Å². The van der Waals surface area contributed by atoms with Gasteiger partial charge in [-0.05, 0) is 52.1 Å². The van der Waals surface area contributed by atoms with Crippen LogP contribution in [0.5, 0.6) is 0 Å². The predicted octanol–water partition coefficient (Wildman–Crippen LogP) is 3.24. The second-order valence-corrected chi connectivity index (χ2v) is 6.72. The highest BCUT2D eigenvalue weighted by molar-refractivity contribution is 5.80. The topological polar surface area (TPSA) is 39.7 Å². The first-order chi connectivity index (χ1) is 10.7. The van der Waals surface area contributed by atoms with Crippen LogP contribution in [0.3, 0.4) is 0 Å². The van der Waals surface area contributed by atoms with E-state index in [9.17, 15) is 0 Å². The fourth-order valence-corrected chi connectivity index (χ4v) is 3.13. The molecule has 4 nitrogen and oxygen atoms in total. The molecule has 0 saturated carbocycles. The van der Waals surface area contributed by atoms with E-state index in [0.717, 1.165) is 25.0 Å². The van der Waals surface area contributed by atoms with Gasteiger partial charge in [0.15, 0.2) is 5.96 Å². The molecule has 130 valence electrons. The molecule has 0 spiro atoms. The maximum atomic E-state index is 4.83. The molecular formula is C18H38N4. The van der Waals surface area contributed by atoms with Crippen molar-refractivity contribution in [2.24, 2.45) is 10.9 Å². The van der Waals surface area contributed by atoms with Crippen LogP contribution < -0.4 is 10.6 Å². The Balaban J connectivity index is 2.35. The summed E-state index contributed by atoms with van der Waals surface area (Å²) in [6.07, 6.45) is 7.71. The normalized spacial score (nSPS) is 21.1. The second-order valence-electron chi connectivity index (χ2n) is 6.72. The molecular weight excluding hydrogens is 272 g/mol. The van der Waals surface area contributed by atoms with Gasteiger partial charge in [-0.3, -0.25) is 4.99 Å². The molecule has 22 heavy (non-hydrogen) atoms. The third-order valence-corrected chi connectivity index (χ3v) is 4.39. The number of aliphatic imine (C=N–C) groups is 1. The monoisotopic (exact) mass is 310 g/mol. The van der Waals surface area contributed by atoms with E-state index in [1.54, 1.807) is 0 Å². The summed E-state index contributed by atoms with van der Waals surface area (Å²) < 4.78 is 0. The highest BCUT2D eigenvalue weighted by atomic mass is 15.2. The zero-order valence-electron chi connectivity index (χ0n) is 15.3. The minimum atomic E-state index is 0.504. The third-order valence-electron chi connectivity index (χ3n) is 4.39. The molecule has 2 atom stereocenters. The number of hydrogen-bond donors (Lipinski definition) is 2. The molecule has 1 aliphatic rings. The van der Waals surface area contributed by atoms with E-state index in [-0.39, 0.29) is 0 Å². The SMILES string of the molecule is CCCCCC(C)NC(=NCC1CCN(CCC)C1)NCC. The molecule has 1 saturated heterocycles. The molecule has 0 bridgehead atoms. The zero-order chi connectivity index (χ0) is 16.2. The average Bonchev–Trinajstić information content (AvgIpc) is 2.93. The predicted molar refractivity (Wildman–Crippen MR) is 97.6 cm³/mol. The van der Waals surface area contributed by atoms with Gasteiger partial charge >= 0.3 is 0 Å². The molecule has 0 amide bonds. The molecule has 4 heteroatoms. The van der Waals surface area contributed by atoms with Crippen molar-refractivity contribution in [1.29, 1.82) is 0 Å². The Bertz CT molecular complexity index is 303. The Hall–Kier alpha value is -0.770. The average molecular weight is 311 g/mol. The summed E-state index contributed by atoms with van der Waals surface area (Å²) in [6, 6.07) is 0.504. The van der Waals surface area contributed by atoms with Crippen molar-refractivity contribution in [1.82, 2.24) is 15.5 Å². The van der Waals surface area contributed by atoms with Crippen LogP contribution in [0.1, 0.15) is 66.2 Å². The van der Waals surface area contributed by atoms with Gasteiger partial charge in [-0.2, -0.15) is 0 Å². The molecule has 1 fully saturated rings. The van der Waals surface area contributed by atoms with Gasteiger partial charge in [0.2, 0.25) is 0 Å². The molecule has 1 rings (SSSR count). The van der Waals surface area contributed by atoms with Crippen LogP contribution in [-0.4, -0.2) is 49.6 Å². The van der Waals surface area contributed by atoms with E-state index >= 15 is 0 Å². The van der Waals surface area contributed by atoms with E-state index < -0.39 is 0 Å². The van der Waals surface area contributed by atoms with Crippen molar-refractivity contribution < 1.29 is 0 Å². The molecule has 1 aliphatic heterocycles. The van der Waals surface area contributed by atoms with Crippen LogP contribution in [0.2, 0.25) is 0 Å². The van der Waals surface area contributed by atoms with Gasteiger partial charge < -0.3 is 15.5 Å². The van der Waals surface area contributed by atoms with Gasteiger partial charge in [0.05, 0.1) is 0 Å². The van der Waals surface area contributed by atoms with Crippen LogP contribution in [0, 0.1) is 5.92 Å². The van der Waals surface area contributed by atoms with E-state index in [0.29, 0.717) is 6.04 Å². The summed E-state index contributed by atoms with van der Waals surface area (Å²) in [7, 11) is 0. The largest absolute Gasteiger partial charge is 0.357 e. The number of unbranched alkanes of at least 4 members (excludes halogenated alkanes) is 2. The number of rotatable bonds is 10. The van der Waals surface area contributed by atoms with Gasteiger partial charge in [0.1, 0.15) is 0 Å². The third kappa shape index (κ3) is 8.02. The maximum absolute atomic E-state index is 4.83. The van der Waals surface area contributed by atoms with Crippen molar-refractivity contribution in [2.75, 3.05) is 32.7 Å². The zero-order valence-corrected chi connectivity index (χ0v) is 15.3. The van der Waals surface area contributed by atoms with Gasteiger partial charge in [-0.1, -0.05) is 33.1 Å². The quantitative estimate of drug-likeness (QED) is 0.370. The summed E-state index contributed by atoms with van der Waals surface area (Å²) in [6.45, 7) is 14.5. The molecule has 0 aromatic heterocycles. The number of likely N-dealkylation sites (tertiary alicyclic amines) is 1. The Morgan fingerprint density at radius 2 is 2.05 bits per heavy atom. The molecule has 0 aliphatic carbocycles. The van der Waals surface area contributed by atoms with Gasteiger partial charge in [0, 0.05) is 25.7 Å². The molecule has 2 unspecified atom stereocenters. The van der Waals surface area contributed by atoms with Gasteiger partial charge in [-0.25, -0.2) is 0 Å². The summed E-state index contributed by atoms with van der Waals surface area (Å²) in [4.78, 5) is 7.40. The first kappa shape index (κ1) is 19.3. The Morgan fingerprint density at radius 1 is 1.23 bits per heavy atom. The van der Waals surface area contributed by atoms with Crippen molar-refractivity contribution >= 4 is 5.96 Å². The lowest BCUT2D eigenvalue weighted by Gasteiger charge is -2.18. The van der Waals surface area contributed by atoms with Crippen molar-refractivity contribution in [3.8, 4) is 0 Å². The van der Waals surface area contributed by atoms with E-state index in [1.807, 2.05) is 0 Å². The lowest BCUT2D eigenvalue weighted by molar-refractivity contribution is 0.326. The van der Waals surface area contributed by atoms with Gasteiger partial charge in [0.25, 0.3) is 0 Å². The van der Waals surface area contributed by atoms with Crippen LogP contribution in [-0.2, 0) is 0 Å². The summed E-state index contributed by atoms with van der Waals surface area (Å²) in [5.74, 6) is 1.73.